The van der Waals surface area contributed by atoms with Crippen molar-refractivity contribution in [2.24, 2.45) is 5.73 Å². The van der Waals surface area contributed by atoms with Crippen LogP contribution in [0, 0.1) is 0 Å². The molecule has 0 aliphatic heterocycles. The first kappa shape index (κ1) is 11.9. The number of hydrogen-bond donors (Lipinski definition) is 2. The van der Waals surface area contributed by atoms with Crippen LogP contribution >= 0.6 is 0 Å². The van der Waals surface area contributed by atoms with E-state index in [0.717, 1.165) is 18.6 Å². The number of rotatable bonds is 5. The molecule has 17 heavy (non-hydrogen) atoms. The second-order valence-electron chi connectivity index (χ2n) is 4.37. The normalized spacial score (nSPS) is 15.4. The zero-order valence-electron chi connectivity index (χ0n) is 9.69. The molecule has 92 valence electrons. The standard InChI is InChI=1S/C13H17NO3/c14-12(13(15)16)6-7-17-11-5-4-9-2-1-3-10(9)8-11/h4-5,8,12H,1-3,6-7,14H2,(H,15,16). The molecule has 1 aliphatic rings. The minimum atomic E-state index is -0.984. The Kier molecular flexibility index (Phi) is 3.64. The average molecular weight is 235 g/mol. The summed E-state index contributed by atoms with van der Waals surface area (Å²) in [7, 11) is 0. The molecule has 0 amide bonds. The molecular formula is C13H17NO3. The Morgan fingerprint density at radius 1 is 1.41 bits per heavy atom. The molecule has 4 nitrogen and oxygen atoms in total. The second kappa shape index (κ2) is 5.19. The van der Waals surface area contributed by atoms with Crippen LogP contribution in [-0.2, 0) is 17.6 Å². The van der Waals surface area contributed by atoms with Crippen molar-refractivity contribution in [3.05, 3.63) is 29.3 Å². The molecule has 0 saturated heterocycles. The van der Waals surface area contributed by atoms with Gasteiger partial charge in [-0.3, -0.25) is 4.79 Å². The number of aryl methyl sites for hydroxylation is 2. The Labute approximate surface area is 100 Å². The zero-order chi connectivity index (χ0) is 12.3. The first-order valence-electron chi connectivity index (χ1n) is 5.90. The number of hydrogen-bond acceptors (Lipinski definition) is 3. The van der Waals surface area contributed by atoms with E-state index in [9.17, 15) is 4.79 Å². The van der Waals surface area contributed by atoms with E-state index in [-0.39, 0.29) is 0 Å². The Morgan fingerprint density at radius 3 is 2.94 bits per heavy atom. The van der Waals surface area contributed by atoms with Gasteiger partial charge in [-0.15, -0.1) is 0 Å². The van der Waals surface area contributed by atoms with Gasteiger partial charge in [0.1, 0.15) is 11.8 Å². The number of nitrogens with two attached hydrogens (primary N) is 1. The summed E-state index contributed by atoms with van der Waals surface area (Å²) in [5.41, 5.74) is 8.15. The summed E-state index contributed by atoms with van der Waals surface area (Å²) >= 11 is 0. The van der Waals surface area contributed by atoms with Gasteiger partial charge in [-0.2, -0.15) is 0 Å². The van der Waals surface area contributed by atoms with Gasteiger partial charge in [-0.25, -0.2) is 0 Å². The van der Waals surface area contributed by atoms with E-state index in [0.29, 0.717) is 13.0 Å². The third-order valence-electron chi connectivity index (χ3n) is 3.08. The fourth-order valence-corrected chi connectivity index (χ4v) is 2.07. The first-order valence-corrected chi connectivity index (χ1v) is 5.90. The summed E-state index contributed by atoms with van der Waals surface area (Å²) in [4.78, 5) is 10.5. The number of aliphatic carboxylic acids is 1. The first-order chi connectivity index (χ1) is 8.16. The lowest BCUT2D eigenvalue weighted by Gasteiger charge is -2.10. The molecule has 2 rings (SSSR count). The molecule has 1 aromatic rings. The highest BCUT2D eigenvalue weighted by molar-refractivity contribution is 5.72. The monoisotopic (exact) mass is 235 g/mol. The molecule has 0 aromatic heterocycles. The molecule has 0 bridgehead atoms. The molecule has 0 spiro atoms. The molecular weight excluding hydrogens is 218 g/mol. The molecule has 1 aliphatic carbocycles. The fourth-order valence-electron chi connectivity index (χ4n) is 2.07. The van der Waals surface area contributed by atoms with Gasteiger partial charge in [-0.05, 0) is 42.5 Å². The van der Waals surface area contributed by atoms with Crippen molar-refractivity contribution in [3.63, 3.8) is 0 Å². The molecule has 1 aromatic carbocycles. The van der Waals surface area contributed by atoms with Crippen LogP contribution in [0.5, 0.6) is 5.75 Å². The van der Waals surface area contributed by atoms with Crippen molar-refractivity contribution in [1.82, 2.24) is 0 Å². The SMILES string of the molecule is NC(CCOc1ccc2c(c1)CCC2)C(=O)O. The van der Waals surface area contributed by atoms with Gasteiger partial charge in [0.25, 0.3) is 0 Å². The topological polar surface area (TPSA) is 72.5 Å². The van der Waals surface area contributed by atoms with Crippen LogP contribution in [0.15, 0.2) is 18.2 Å². The largest absolute Gasteiger partial charge is 0.494 e. The molecule has 0 saturated carbocycles. The number of carboxylic acids is 1. The van der Waals surface area contributed by atoms with E-state index < -0.39 is 12.0 Å². The lowest BCUT2D eigenvalue weighted by Crippen LogP contribution is -2.31. The Hall–Kier alpha value is -1.55. The molecule has 0 radical (unpaired) electrons. The predicted molar refractivity (Wildman–Crippen MR) is 64.2 cm³/mol. The summed E-state index contributed by atoms with van der Waals surface area (Å²) in [6, 6.07) is 5.24. The highest BCUT2D eigenvalue weighted by Crippen LogP contribution is 2.25. The number of fused-ring (bicyclic) bond motifs is 1. The fraction of sp³-hybridized carbons (Fsp3) is 0.462. The molecule has 1 atom stereocenters. The van der Waals surface area contributed by atoms with Crippen molar-refractivity contribution in [3.8, 4) is 5.75 Å². The van der Waals surface area contributed by atoms with E-state index in [4.69, 9.17) is 15.6 Å². The van der Waals surface area contributed by atoms with E-state index in [1.165, 1.54) is 17.5 Å². The van der Waals surface area contributed by atoms with Crippen LogP contribution in [0.4, 0.5) is 0 Å². The third-order valence-corrected chi connectivity index (χ3v) is 3.08. The van der Waals surface area contributed by atoms with Crippen molar-refractivity contribution >= 4 is 5.97 Å². The van der Waals surface area contributed by atoms with Gasteiger partial charge in [0.15, 0.2) is 0 Å². The quantitative estimate of drug-likeness (QED) is 0.808. The van der Waals surface area contributed by atoms with E-state index in [1.807, 2.05) is 6.07 Å². The summed E-state index contributed by atoms with van der Waals surface area (Å²) < 4.78 is 5.51. The maximum absolute atomic E-state index is 10.5. The van der Waals surface area contributed by atoms with Crippen LogP contribution in [0.2, 0.25) is 0 Å². The summed E-state index contributed by atoms with van der Waals surface area (Å²) in [5.74, 6) is -0.175. The zero-order valence-corrected chi connectivity index (χ0v) is 9.69. The van der Waals surface area contributed by atoms with Gasteiger partial charge in [0.2, 0.25) is 0 Å². The van der Waals surface area contributed by atoms with Crippen molar-refractivity contribution < 1.29 is 14.6 Å². The smallest absolute Gasteiger partial charge is 0.320 e. The van der Waals surface area contributed by atoms with Gasteiger partial charge in [0.05, 0.1) is 6.61 Å². The van der Waals surface area contributed by atoms with Crippen LogP contribution in [0.25, 0.3) is 0 Å². The van der Waals surface area contributed by atoms with Crippen molar-refractivity contribution in [2.45, 2.75) is 31.7 Å². The highest BCUT2D eigenvalue weighted by atomic mass is 16.5. The molecule has 4 heteroatoms. The third kappa shape index (κ3) is 2.97. The second-order valence-corrected chi connectivity index (χ2v) is 4.37. The van der Waals surface area contributed by atoms with Crippen LogP contribution in [-0.4, -0.2) is 23.7 Å². The predicted octanol–water partition coefficient (Wildman–Crippen LogP) is 1.36. The summed E-state index contributed by atoms with van der Waals surface area (Å²) in [6.07, 6.45) is 3.80. The van der Waals surface area contributed by atoms with E-state index in [1.54, 1.807) is 0 Å². The number of carboxylic acid groups (broad SMARTS) is 1. The Morgan fingerprint density at radius 2 is 2.18 bits per heavy atom. The van der Waals surface area contributed by atoms with Crippen LogP contribution in [0.1, 0.15) is 24.0 Å². The van der Waals surface area contributed by atoms with E-state index >= 15 is 0 Å². The lowest BCUT2D eigenvalue weighted by molar-refractivity contribution is -0.138. The number of benzene rings is 1. The highest BCUT2D eigenvalue weighted by Gasteiger charge is 2.13. The molecule has 3 N–H and O–H groups in total. The summed E-state index contributed by atoms with van der Waals surface area (Å²) in [6.45, 7) is 0.340. The van der Waals surface area contributed by atoms with Gasteiger partial charge < -0.3 is 15.6 Å². The Balaban J connectivity index is 1.85. The lowest BCUT2D eigenvalue weighted by atomic mass is 10.1. The molecule has 0 fully saturated rings. The van der Waals surface area contributed by atoms with Crippen LogP contribution in [0.3, 0.4) is 0 Å². The van der Waals surface area contributed by atoms with Crippen LogP contribution < -0.4 is 10.5 Å². The maximum atomic E-state index is 10.5. The number of carbonyl (C=O) groups is 1. The van der Waals surface area contributed by atoms with E-state index in [2.05, 4.69) is 12.1 Å². The van der Waals surface area contributed by atoms with Crippen molar-refractivity contribution in [1.29, 1.82) is 0 Å². The molecule has 0 heterocycles. The minimum absolute atomic E-state index is 0.326. The van der Waals surface area contributed by atoms with Gasteiger partial charge in [0, 0.05) is 6.42 Å². The van der Waals surface area contributed by atoms with Gasteiger partial charge in [-0.1, -0.05) is 6.07 Å². The van der Waals surface area contributed by atoms with Gasteiger partial charge >= 0.3 is 5.97 Å². The summed E-state index contributed by atoms with van der Waals surface area (Å²) in [5, 5.41) is 8.63. The number of ether oxygens (including phenoxy) is 1. The maximum Gasteiger partial charge on any atom is 0.320 e. The minimum Gasteiger partial charge on any atom is -0.494 e. The average Bonchev–Trinajstić information content (AvgIpc) is 2.75. The Bertz CT molecular complexity index is 417. The van der Waals surface area contributed by atoms with Crippen molar-refractivity contribution in [2.75, 3.05) is 6.61 Å². The molecule has 1 unspecified atom stereocenters.